The molecule has 1 aromatic heterocycles. The zero-order chi connectivity index (χ0) is 17.1. The first-order valence-electron chi connectivity index (χ1n) is 9.93. The van der Waals surface area contributed by atoms with E-state index in [1.807, 2.05) is 13.1 Å². The van der Waals surface area contributed by atoms with Crippen LogP contribution in [0.5, 0.6) is 0 Å². The summed E-state index contributed by atoms with van der Waals surface area (Å²) in [6, 6.07) is 2.61. The average molecular weight is 473 g/mol. The van der Waals surface area contributed by atoms with Crippen molar-refractivity contribution in [1.29, 1.82) is 0 Å². The summed E-state index contributed by atoms with van der Waals surface area (Å²) >= 11 is 0. The van der Waals surface area contributed by atoms with E-state index in [0.717, 1.165) is 56.2 Å². The monoisotopic (exact) mass is 473 g/mol. The lowest BCUT2D eigenvalue weighted by Gasteiger charge is -2.36. The normalized spacial score (nSPS) is 27.9. The lowest BCUT2D eigenvalue weighted by Crippen LogP contribution is -2.52. The number of hydrogen-bond donors (Lipinski definition) is 1. The van der Waals surface area contributed by atoms with E-state index >= 15 is 0 Å². The molecule has 7 heteroatoms. The van der Waals surface area contributed by atoms with Crippen LogP contribution in [0.15, 0.2) is 21.8 Å². The van der Waals surface area contributed by atoms with E-state index in [9.17, 15) is 0 Å². The van der Waals surface area contributed by atoms with Crippen LogP contribution in [-0.4, -0.2) is 60.2 Å². The van der Waals surface area contributed by atoms with Gasteiger partial charge in [0.25, 0.3) is 0 Å². The van der Waals surface area contributed by atoms with Crippen LogP contribution < -0.4 is 5.32 Å². The molecule has 0 amide bonds. The second kappa shape index (κ2) is 9.39. The van der Waals surface area contributed by atoms with Crippen LogP contribution in [0.2, 0.25) is 0 Å². The lowest BCUT2D eigenvalue weighted by molar-refractivity contribution is 0.168. The fourth-order valence-electron chi connectivity index (χ4n) is 4.59. The summed E-state index contributed by atoms with van der Waals surface area (Å²) < 4.78 is 4.93. The standard InChI is InChI=1S/C19H31N5O.HI/c1-20-19(21-18-13-17(18)15-5-3-2-4-6-15)24-10-8-23(9-11-24)14-16-7-12-25-22-16;/h7,12,15,17-18H,2-6,8-11,13-14H2,1H3,(H,20,21);1H. The molecule has 1 saturated heterocycles. The quantitative estimate of drug-likeness (QED) is 0.414. The summed E-state index contributed by atoms with van der Waals surface area (Å²) in [4.78, 5) is 9.40. The van der Waals surface area contributed by atoms with E-state index in [0.29, 0.717) is 6.04 Å². The Balaban J connectivity index is 0.00000196. The third-order valence-corrected chi connectivity index (χ3v) is 6.17. The lowest BCUT2D eigenvalue weighted by atomic mass is 9.85. The van der Waals surface area contributed by atoms with Crippen LogP contribution in [0, 0.1) is 11.8 Å². The van der Waals surface area contributed by atoms with E-state index in [-0.39, 0.29) is 24.0 Å². The first-order chi connectivity index (χ1) is 12.3. The molecule has 26 heavy (non-hydrogen) atoms. The summed E-state index contributed by atoms with van der Waals surface area (Å²) in [6.07, 6.45) is 10.2. The highest BCUT2D eigenvalue weighted by atomic mass is 127. The molecule has 3 aliphatic rings. The molecule has 4 rings (SSSR count). The predicted octanol–water partition coefficient (Wildman–Crippen LogP) is 2.95. The van der Waals surface area contributed by atoms with Crippen LogP contribution in [0.4, 0.5) is 0 Å². The summed E-state index contributed by atoms with van der Waals surface area (Å²) in [6.45, 7) is 5.02. The van der Waals surface area contributed by atoms with Crippen molar-refractivity contribution in [2.24, 2.45) is 16.8 Å². The minimum atomic E-state index is 0. The maximum atomic E-state index is 4.93. The van der Waals surface area contributed by atoms with Crippen LogP contribution in [-0.2, 0) is 6.54 Å². The van der Waals surface area contributed by atoms with E-state index in [2.05, 4.69) is 25.3 Å². The molecule has 2 aliphatic carbocycles. The highest BCUT2D eigenvalue weighted by molar-refractivity contribution is 14.0. The van der Waals surface area contributed by atoms with Gasteiger partial charge < -0.3 is 14.7 Å². The Morgan fingerprint density at radius 2 is 2.00 bits per heavy atom. The van der Waals surface area contributed by atoms with Crippen molar-refractivity contribution in [2.75, 3.05) is 33.2 Å². The Morgan fingerprint density at radius 3 is 2.65 bits per heavy atom. The molecule has 0 bridgehead atoms. The smallest absolute Gasteiger partial charge is 0.193 e. The van der Waals surface area contributed by atoms with Gasteiger partial charge in [-0.25, -0.2) is 0 Å². The third kappa shape index (κ3) is 4.91. The van der Waals surface area contributed by atoms with Gasteiger partial charge >= 0.3 is 0 Å². The highest BCUT2D eigenvalue weighted by Gasteiger charge is 2.43. The minimum Gasteiger partial charge on any atom is -0.364 e. The Hall–Kier alpha value is -0.830. The average Bonchev–Trinajstić information content (AvgIpc) is 3.25. The summed E-state index contributed by atoms with van der Waals surface area (Å²) in [5.74, 6) is 2.96. The van der Waals surface area contributed by atoms with Gasteiger partial charge in [-0.15, -0.1) is 24.0 Å². The molecule has 0 aromatic carbocycles. The first-order valence-corrected chi connectivity index (χ1v) is 9.93. The predicted molar refractivity (Wildman–Crippen MR) is 114 cm³/mol. The molecular weight excluding hydrogens is 441 g/mol. The number of guanidine groups is 1. The van der Waals surface area contributed by atoms with E-state index in [1.54, 1.807) is 6.26 Å². The van der Waals surface area contributed by atoms with Gasteiger partial charge in [-0.05, 0) is 18.3 Å². The van der Waals surface area contributed by atoms with Gasteiger partial charge in [-0.3, -0.25) is 9.89 Å². The number of aliphatic imine (C=N–C) groups is 1. The molecule has 2 saturated carbocycles. The third-order valence-electron chi connectivity index (χ3n) is 6.17. The van der Waals surface area contributed by atoms with Gasteiger partial charge in [-0.2, -0.15) is 0 Å². The fraction of sp³-hybridized carbons (Fsp3) is 0.789. The largest absolute Gasteiger partial charge is 0.364 e. The molecule has 2 unspecified atom stereocenters. The van der Waals surface area contributed by atoms with Crippen LogP contribution in [0.1, 0.15) is 44.2 Å². The SMILES string of the molecule is CN=C(NC1CC1C1CCCCC1)N1CCN(Cc2ccon2)CC1.I. The number of hydrogen-bond acceptors (Lipinski definition) is 4. The molecule has 1 N–H and O–H groups in total. The molecule has 6 nitrogen and oxygen atoms in total. The van der Waals surface area contributed by atoms with Crippen molar-refractivity contribution in [3.05, 3.63) is 18.0 Å². The zero-order valence-corrected chi connectivity index (χ0v) is 18.1. The topological polar surface area (TPSA) is 56.9 Å². The molecule has 0 spiro atoms. The Kier molecular flexibility index (Phi) is 7.19. The summed E-state index contributed by atoms with van der Waals surface area (Å²) in [5.41, 5.74) is 1.02. The van der Waals surface area contributed by atoms with E-state index in [1.165, 1.54) is 38.5 Å². The summed E-state index contributed by atoms with van der Waals surface area (Å²) in [5, 5.41) is 7.76. The van der Waals surface area contributed by atoms with Crippen LogP contribution in [0.3, 0.4) is 0 Å². The zero-order valence-electron chi connectivity index (χ0n) is 15.8. The molecule has 1 aromatic rings. The Morgan fingerprint density at radius 1 is 1.23 bits per heavy atom. The van der Waals surface area contributed by atoms with Crippen LogP contribution in [0.25, 0.3) is 0 Å². The van der Waals surface area contributed by atoms with Gasteiger partial charge in [0.05, 0.1) is 5.69 Å². The molecule has 2 heterocycles. The van der Waals surface area contributed by atoms with Crippen molar-refractivity contribution in [1.82, 2.24) is 20.3 Å². The minimum absolute atomic E-state index is 0. The second-order valence-electron chi connectivity index (χ2n) is 7.85. The van der Waals surface area contributed by atoms with Crippen molar-refractivity contribution in [3.63, 3.8) is 0 Å². The number of aromatic nitrogens is 1. The fourth-order valence-corrected chi connectivity index (χ4v) is 4.59. The van der Waals surface area contributed by atoms with Crippen molar-refractivity contribution in [2.45, 2.75) is 51.1 Å². The highest BCUT2D eigenvalue weighted by Crippen LogP contribution is 2.44. The molecule has 2 atom stereocenters. The molecule has 146 valence electrons. The number of halogens is 1. The number of nitrogens with one attached hydrogen (secondary N) is 1. The molecule has 3 fully saturated rings. The van der Waals surface area contributed by atoms with Gasteiger partial charge in [0, 0.05) is 51.9 Å². The van der Waals surface area contributed by atoms with E-state index in [4.69, 9.17) is 4.52 Å². The van der Waals surface area contributed by atoms with Crippen molar-refractivity contribution < 1.29 is 4.52 Å². The molecule has 0 radical (unpaired) electrons. The van der Waals surface area contributed by atoms with Gasteiger partial charge in [0.1, 0.15) is 6.26 Å². The van der Waals surface area contributed by atoms with Gasteiger partial charge in [-0.1, -0.05) is 37.3 Å². The Labute approximate surface area is 173 Å². The summed E-state index contributed by atoms with van der Waals surface area (Å²) in [7, 11) is 1.92. The van der Waals surface area contributed by atoms with Crippen molar-refractivity contribution in [3.8, 4) is 0 Å². The first kappa shape index (κ1) is 19.9. The van der Waals surface area contributed by atoms with Crippen LogP contribution >= 0.6 is 24.0 Å². The molecule has 1 aliphatic heterocycles. The van der Waals surface area contributed by atoms with E-state index < -0.39 is 0 Å². The second-order valence-corrected chi connectivity index (χ2v) is 7.85. The molecular formula is C19H32IN5O. The Bertz CT molecular complexity index is 564. The maximum absolute atomic E-state index is 4.93. The number of rotatable bonds is 4. The van der Waals surface area contributed by atoms with Gasteiger partial charge in [0.2, 0.25) is 0 Å². The van der Waals surface area contributed by atoms with Gasteiger partial charge in [0.15, 0.2) is 5.96 Å². The number of nitrogens with zero attached hydrogens (tertiary/aromatic N) is 4. The van der Waals surface area contributed by atoms with Crippen molar-refractivity contribution >= 4 is 29.9 Å². The number of piperazine rings is 1. The maximum Gasteiger partial charge on any atom is 0.193 e.